The number of hydrogen-bond acceptors (Lipinski definition) is 5. The molecule has 0 radical (unpaired) electrons. The minimum absolute atomic E-state index is 0.235. The Morgan fingerprint density at radius 2 is 1.57 bits per heavy atom. The van der Waals surface area contributed by atoms with Crippen LogP contribution in [0.3, 0.4) is 0 Å². The molecule has 2 aliphatic rings. The number of piperazine rings is 1. The van der Waals surface area contributed by atoms with Crippen LogP contribution in [0.5, 0.6) is 0 Å². The lowest BCUT2D eigenvalue weighted by molar-refractivity contribution is 0.0961. The summed E-state index contributed by atoms with van der Waals surface area (Å²) in [6, 6.07) is 26.8. The average molecular weight is 809 g/mol. The fourth-order valence-corrected chi connectivity index (χ4v) is 9.18. The second-order valence-electron chi connectivity index (χ2n) is 14.7. The van der Waals surface area contributed by atoms with Crippen molar-refractivity contribution < 1.29 is 9.59 Å². The first-order chi connectivity index (χ1) is 27.2. The predicted octanol–water partition coefficient (Wildman–Crippen LogP) is 10.3. The Balaban J connectivity index is 1.23. The fourth-order valence-electron chi connectivity index (χ4n) is 8.44. The van der Waals surface area contributed by atoms with E-state index in [0.717, 1.165) is 54.1 Å². The summed E-state index contributed by atoms with van der Waals surface area (Å²) in [6.45, 7) is 5.58. The Hall–Kier alpha value is -4.80. The molecule has 2 amide bonds. The number of H-pyrrole nitrogens is 1. The monoisotopic (exact) mass is 807 g/mol. The minimum Gasteiger partial charge on any atom is -0.367 e. The van der Waals surface area contributed by atoms with Crippen LogP contribution in [0.15, 0.2) is 91.3 Å². The number of imidazole rings is 1. The molecule has 1 unspecified atom stereocenters. The standard InChI is InChI=1S/C44H44Cl3N7O2/c1-27(33-16-14-30(45)24-35(33)47)54-26-49-40(28-9-5-3-6-10-28)42(54)39-34-17-15-31(46)25-36(34)50-41(39)44(56)51-37-23-29(43(55)48-2)13-18-38(37)53-21-19-52(20-22-53)32-11-7-4-8-12-32/h3,5-6,9-10,13-18,23-27,32,50H,4,7-8,11-12,19-22H2,1-2H3,(H,48,55)(H,51,56). The predicted molar refractivity (Wildman–Crippen MR) is 229 cm³/mol. The molecule has 1 saturated carbocycles. The van der Waals surface area contributed by atoms with E-state index in [-0.39, 0.29) is 17.9 Å². The maximum Gasteiger partial charge on any atom is 0.272 e. The average Bonchev–Trinajstić information content (AvgIpc) is 3.82. The van der Waals surface area contributed by atoms with Crippen LogP contribution in [0.25, 0.3) is 33.4 Å². The topological polar surface area (TPSA) is 98.3 Å². The van der Waals surface area contributed by atoms with Gasteiger partial charge in [0.15, 0.2) is 0 Å². The normalized spacial score (nSPS) is 15.9. The van der Waals surface area contributed by atoms with Gasteiger partial charge < -0.3 is 25.1 Å². The largest absolute Gasteiger partial charge is 0.367 e. The number of aromatic nitrogens is 3. The molecule has 9 nitrogen and oxygen atoms in total. The summed E-state index contributed by atoms with van der Waals surface area (Å²) in [5, 5.41) is 8.37. The van der Waals surface area contributed by atoms with E-state index in [4.69, 9.17) is 39.8 Å². The van der Waals surface area contributed by atoms with Crippen LogP contribution in [0.4, 0.5) is 11.4 Å². The Kier molecular flexibility index (Phi) is 11.1. The highest BCUT2D eigenvalue weighted by Crippen LogP contribution is 2.43. The summed E-state index contributed by atoms with van der Waals surface area (Å²) in [6.07, 6.45) is 8.24. The maximum atomic E-state index is 15.0. The number of hydrogen-bond donors (Lipinski definition) is 3. The van der Waals surface area contributed by atoms with Crippen LogP contribution in [-0.2, 0) is 0 Å². The highest BCUT2D eigenvalue weighted by molar-refractivity contribution is 6.35. The van der Waals surface area contributed by atoms with Gasteiger partial charge in [0.05, 0.1) is 35.1 Å². The smallest absolute Gasteiger partial charge is 0.272 e. The minimum atomic E-state index is -0.368. The van der Waals surface area contributed by atoms with Crippen LogP contribution in [0, 0.1) is 0 Å². The van der Waals surface area contributed by atoms with Gasteiger partial charge in [0, 0.05) is 81.9 Å². The highest BCUT2D eigenvalue weighted by atomic mass is 35.5. The zero-order chi connectivity index (χ0) is 38.9. The highest BCUT2D eigenvalue weighted by Gasteiger charge is 2.30. The van der Waals surface area contributed by atoms with Crippen molar-refractivity contribution in [2.45, 2.75) is 51.1 Å². The molecule has 3 heterocycles. The molecule has 3 N–H and O–H groups in total. The van der Waals surface area contributed by atoms with E-state index >= 15 is 0 Å². The van der Waals surface area contributed by atoms with Crippen molar-refractivity contribution in [3.05, 3.63) is 123 Å². The zero-order valence-corrected chi connectivity index (χ0v) is 33.7. The molecule has 12 heteroatoms. The molecule has 288 valence electrons. The number of amides is 2. The van der Waals surface area contributed by atoms with Crippen molar-refractivity contribution >= 4 is 68.9 Å². The number of halogens is 3. The lowest BCUT2D eigenvalue weighted by Gasteiger charge is -2.42. The van der Waals surface area contributed by atoms with Crippen molar-refractivity contribution in [1.82, 2.24) is 24.8 Å². The summed E-state index contributed by atoms with van der Waals surface area (Å²) < 4.78 is 2.05. The lowest BCUT2D eigenvalue weighted by atomic mass is 9.94. The molecule has 1 aliphatic heterocycles. The Morgan fingerprint density at radius 1 is 0.839 bits per heavy atom. The molecule has 56 heavy (non-hydrogen) atoms. The summed E-state index contributed by atoms with van der Waals surface area (Å²) >= 11 is 19.7. The number of anilines is 2. The molecule has 0 spiro atoms. The van der Waals surface area contributed by atoms with Crippen LogP contribution >= 0.6 is 34.8 Å². The van der Waals surface area contributed by atoms with Gasteiger partial charge in [-0.3, -0.25) is 14.5 Å². The van der Waals surface area contributed by atoms with Crippen molar-refractivity contribution in [3.8, 4) is 22.5 Å². The number of nitrogens with zero attached hydrogens (tertiary/aromatic N) is 4. The zero-order valence-electron chi connectivity index (χ0n) is 31.4. The van der Waals surface area contributed by atoms with E-state index in [9.17, 15) is 9.59 Å². The number of carbonyl (C=O) groups excluding carboxylic acids is 2. The van der Waals surface area contributed by atoms with E-state index in [0.29, 0.717) is 54.8 Å². The van der Waals surface area contributed by atoms with E-state index in [2.05, 4.69) is 30.0 Å². The van der Waals surface area contributed by atoms with Gasteiger partial charge in [0.25, 0.3) is 11.8 Å². The van der Waals surface area contributed by atoms with Gasteiger partial charge in [-0.2, -0.15) is 0 Å². The fraction of sp³-hybridized carbons (Fsp3) is 0.295. The van der Waals surface area contributed by atoms with Crippen LogP contribution in [0.2, 0.25) is 15.1 Å². The SMILES string of the molecule is CNC(=O)c1ccc(N2CCN(C3CCCCC3)CC2)c(NC(=O)c2[nH]c3cc(Cl)ccc3c2-c2c(-c3ccccc3)ncn2C(C)c2ccc(Cl)cc2Cl)c1. The van der Waals surface area contributed by atoms with Crippen molar-refractivity contribution in [1.29, 1.82) is 0 Å². The third-order valence-corrected chi connectivity index (χ3v) is 12.2. The van der Waals surface area contributed by atoms with Crippen molar-refractivity contribution in [2.75, 3.05) is 43.4 Å². The first-order valence-corrected chi connectivity index (χ1v) is 20.4. The Labute approximate surface area is 342 Å². The van der Waals surface area contributed by atoms with E-state index in [1.165, 1.54) is 32.1 Å². The van der Waals surface area contributed by atoms with Crippen LogP contribution < -0.4 is 15.5 Å². The molecule has 1 aliphatic carbocycles. The van der Waals surface area contributed by atoms with Crippen LogP contribution in [0.1, 0.15) is 71.5 Å². The third kappa shape index (κ3) is 7.53. The molecular formula is C44H44Cl3N7O2. The van der Waals surface area contributed by atoms with Crippen LogP contribution in [-0.4, -0.2) is 70.5 Å². The third-order valence-electron chi connectivity index (χ3n) is 11.4. The number of carbonyl (C=O) groups is 2. The molecular weight excluding hydrogens is 765 g/mol. The second kappa shape index (κ2) is 16.4. The van der Waals surface area contributed by atoms with E-state index in [1.54, 1.807) is 25.5 Å². The van der Waals surface area contributed by atoms with Gasteiger partial charge in [0.1, 0.15) is 5.69 Å². The maximum absolute atomic E-state index is 15.0. The summed E-state index contributed by atoms with van der Waals surface area (Å²) in [4.78, 5) is 41.2. The van der Waals surface area contributed by atoms with Crippen molar-refractivity contribution in [3.63, 3.8) is 0 Å². The number of aromatic amines is 1. The van der Waals surface area contributed by atoms with E-state index in [1.807, 2.05) is 79.7 Å². The number of benzene rings is 4. The summed E-state index contributed by atoms with van der Waals surface area (Å²) in [7, 11) is 1.60. The lowest BCUT2D eigenvalue weighted by Crippen LogP contribution is -2.51. The molecule has 6 aromatic rings. The molecule has 1 saturated heterocycles. The molecule has 1 atom stereocenters. The van der Waals surface area contributed by atoms with Gasteiger partial charge in [-0.15, -0.1) is 0 Å². The molecule has 4 aromatic carbocycles. The summed E-state index contributed by atoms with van der Waals surface area (Å²) in [5.74, 6) is -0.603. The summed E-state index contributed by atoms with van der Waals surface area (Å²) in [5.41, 5.74) is 6.73. The van der Waals surface area contributed by atoms with Gasteiger partial charge >= 0.3 is 0 Å². The van der Waals surface area contributed by atoms with Gasteiger partial charge in [-0.25, -0.2) is 4.98 Å². The molecule has 0 bridgehead atoms. The van der Waals surface area contributed by atoms with Gasteiger partial charge in [-0.1, -0.05) is 96.5 Å². The number of nitrogens with one attached hydrogen (secondary N) is 3. The van der Waals surface area contributed by atoms with Gasteiger partial charge in [-0.05, 0) is 67.8 Å². The molecule has 2 aromatic heterocycles. The molecule has 2 fully saturated rings. The first-order valence-electron chi connectivity index (χ1n) is 19.3. The number of fused-ring (bicyclic) bond motifs is 1. The molecule has 8 rings (SSSR count). The Bertz CT molecular complexity index is 2400. The Morgan fingerprint density at radius 3 is 2.30 bits per heavy atom. The number of rotatable bonds is 9. The first kappa shape index (κ1) is 38.1. The quantitative estimate of drug-likeness (QED) is 0.135. The van der Waals surface area contributed by atoms with E-state index < -0.39 is 0 Å². The van der Waals surface area contributed by atoms with Crippen molar-refractivity contribution in [2.24, 2.45) is 0 Å². The van der Waals surface area contributed by atoms with Gasteiger partial charge in [0.2, 0.25) is 0 Å². The second-order valence-corrected chi connectivity index (χ2v) is 16.0.